The van der Waals surface area contributed by atoms with Gasteiger partial charge in [-0.2, -0.15) is 0 Å². The van der Waals surface area contributed by atoms with Gasteiger partial charge in [-0.15, -0.1) is 0 Å². The van der Waals surface area contributed by atoms with Crippen molar-refractivity contribution in [2.24, 2.45) is 4.99 Å². The molecule has 0 saturated heterocycles. The van der Waals surface area contributed by atoms with Gasteiger partial charge in [-0.1, -0.05) is 36.4 Å². The molecule has 2 aromatic heterocycles. The number of H-pyrrole nitrogens is 1. The molecule has 0 bridgehead atoms. The largest absolute Gasteiger partial charge is 0.493 e. The minimum Gasteiger partial charge on any atom is -0.493 e. The van der Waals surface area contributed by atoms with Crippen LogP contribution >= 0.6 is 0 Å². The Balaban J connectivity index is 1.37. The van der Waals surface area contributed by atoms with E-state index in [2.05, 4.69) is 15.3 Å². The first-order valence-electron chi connectivity index (χ1n) is 12.9. The Morgan fingerprint density at radius 2 is 1.73 bits per heavy atom. The van der Waals surface area contributed by atoms with Gasteiger partial charge in [-0.25, -0.2) is 9.98 Å². The number of nitrogens with one attached hydrogen (secondary N) is 2. The van der Waals surface area contributed by atoms with Gasteiger partial charge in [-0.3, -0.25) is 4.79 Å². The molecule has 0 saturated carbocycles. The van der Waals surface area contributed by atoms with Crippen molar-refractivity contribution in [1.29, 1.82) is 0 Å². The first kappa shape index (κ1) is 24.9. The van der Waals surface area contributed by atoms with Crippen LogP contribution in [-0.4, -0.2) is 29.6 Å². The summed E-state index contributed by atoms with van der Waals surface area (Å²) in [5, 5.41) is 3.68. The number of anilines is 1. The first-order chi connectivity index (χ1) is 19.6. The topological polar surface area (TPSA) is 102 Å². The van der Waals surface area contributed by atoms with Crippen LogP contribution in [0.4, 0.5) is 11.4 Å². The average Bonchev–Trinajstić information content (AvgIpc) is 3.42. The summed E-state index contributed by atoms with van der Waals surface area (Å²) < 4.78 is 17.4. The number of amides is 1. The molecule has 8 nitrogen and oxygen atoms in total. The highest BCUT2D eigenvalue weighted by Gasteiger charge is 2.16. The van der Waals surface area contributed by atoms with E-state index in [4.69, 9.17) is 18.9 Å². The maximum absolute atomic E-state index is 13.6. The van der Waals surface area contributed by atoms with Crippen molar-refractivity contribution in [3.8, 4) is 22.9 Å². The number of methoxy groups -OCH3 is 1. The number of fused-ring (bicyclic) bond motifs is 2. The van der Waals surface area contributed by atoms with Gasteiger partial charge in [0.25, 0.3) is 5.91 Å². The Bertz CT molecular complexity index is 1870. The molecule has 8 heteroatoms. The molecule has 2 heterocycles. The van der Waals surface area contributed by atoms with Crippen LogP contribution in [-0.2, 0) is 0 Å². The molecule has 0 aliphatic heterocycles. The van der Waals surface area contributed by atoms with Crippen molar-refractivity contribution in [2.45, 2.75) is 6.92 Å². The molecule has 0 aliphatic carbocycles. The summed E-state index contributed by atoms with van der Waals surface area (Å²) in [5.41, 5.74) is 4.84. The van der Waals surface area contributed by atoms with E-state index in [0.717, 1.165) is 22.4 Å². The van der Waals surface area contributed by atoms with Crippen LogP contribution in [0.2, 0.25) is 0 Å². The highest BCUT2D eigenvalue weighted by molar-refractivity contribution is 6.05. The highest BCUT2D eigenvalue weighted by Crippen LogP contribution is 2.29. The highest BCUT2D eigenvalue weighted by atomic mass is 16.5. The number of aromatic amines is 1. The van der Waals surface area contributed by atoms with Crippen molar-refractivity contribution in [3.63, 3.8) is 0 Å². The molecule has 6 rings (SSSR count). The number of aromatic nitrogens is 2. The number of carbonyl (C=O) groups is 1. The van der Waals surface area contributed by atoms with Crippen LogP contribution in [0, 0.1) is 0 Å². The van der Waals surface area contributed by atoms with E-state index in [1.807, 2.05) is 91.9 Å². The molecule has 0 aliphatic rings. The molecular weight excluding hydrogens is 504 g/mol. The van der Waals surface area contributed by atoms with Gasteiger partial charge in [0, 0.05) is 16.6 Å². The second kappa shape index (κ2) is 10.8. The summed E-state index contributed by atoms with van der Waals surface area (Å²) >= 11 is 0. The van der Waals surface area contributed by atoms with Gasteiger partial charge in [0.1, 0.15) is 22.8 Å². The second-order valence-electron chi connectivity index (χ2n) is 8.99. The number of carbonyl (C=O) groups excluding carboxylic acids is 1. The smallest absolute Gasteiger partial charge is 0.261 e. The number of para-hydroxylation sites is 5. The zero-order valence-corrected chi connectivity index (χ0v) is 22.0. The van der Waals surface area contributed by atoms with Gasteiger partial charge < -0.3 is 24.2 Å². The molecule has 1 amide bonds. The number of hydrogen-bond donors (Lipinski definition) is 2. The van der Waals surface area contributed by atoms with Crippen LogP contribution in [0.15, 0.2) is 106 Å². The van der Waals surface area contributed by atoms with E-state index in [0.29, 0.717) is 40.4 Å². The van der Waals surface area contributed by atoms with Crippen molar-refractivity contribution in [3.05, 3.63) is 108 Å². The minimum atomic E-state index is -0.363. The minimum absolute atomic E-state index is 0.139. The van der Waals surface area contributed by atoms with Crippen LogP contribution in [0.5, 0.6) is 11.5 Å². The number of benzene rings is 4. The van der Waals surface area contributed by atoms with E-state index >= 15 is 0 Å². The Labute approximate surface area is 229 Å². The van der Waals surface area contributed by atoms with Crippen LogP contribution in [0.25, 0.3) is 33.4 Å². The molecule has 6 aromatic rings. The van der Waals surface area contributed by atoms with Gasteiger partial charge >= 0.3 is 0 Å². The monoisotopic (exact) mass is 530 g/mol. The van der Waals surface area contributed by atoms with E-state index in [1.165, 1.54) is 0 Å². The predicted octanol–water partition coefficient (Wildman–Crippen LogP) is 6.87. The summed E-state index contributed by atoms with van der Waals surface area (Å²) in [7, 11) is 1.57. The molecule has 0 spiro atoms. The SMILES string of the molecule is CCOc1ccccc1N=c1oc2c(OC)cccc2cc1C(=O)Nc1ccc(-c2nc3ccccc3[nH]2)cc1. The molecule has 0 unspecified atom stereocenters. The van der Waals surface area contributed by atoms with Crippen molar-refractivity contribution < 1.29 is 18.7 Å². The maximum atomic E-state index is 13.6. The van der Waals surface area contributed by atoms with E-state index in [9.17, 15) is 4.79 Å². The quantitative estimate of drug-likeness (QED) is 0.235. The van der Waals surface area contributed by atoms with Crippen LogP contribution in [0.3, 0.4) is 0 Å². The standard InChI is InChI=1S/C32H26N4O4/c1-3-39-27-13-7-6-12-26(27)36-32-23(19-21-9-8-14-28(38-2)29(21)40-32)31(37)33-22-17-15-20(16-18-22)30-34-24-10-4-5-11-25(24)35-30/h4-19H,3H2,1-2H3,(H,33,37)(H,34,35). The van der Waals surface area contributed by atoms with Crippen LogP contribution < -0.4 is 20.3 Å². The molecule has 198 valence electrons. The van der Waals surface area contributed by atoms with Gasteiger partial charge in [0.05, 0.1) is 24.8 Å². The molecule has 0 fully saturated rings. The van der Waals surface area contributed by atoms with Crippen molar-refractivity contribution in [2.75, 3.05) is 19.0 Å². The van der Waals surface area contributed by atoms with Crippen molar-refractivity contribution >= 4 is 39.3 Å². The Hall–Kier alpha value is -5.37. The zero-order valence-electron chi connectivity index (χ0n) is 22.0. The van der Waals surface area contributed by atoms with E-state index in [-0.39, 0.29) is 17.0 Å². The molecular formula is C32H26N4O4. The fraction of sp³-hybridized carbons (Fsp3) is 0.0938. The van der Waals surface area contributed by atoms with Gasteiger partial charge in [0.2, 0.25) is 5.55 Å². The molecule has 2 N–H and O–H groups in total. The number of ether oxygens (including phenoxy) is 2. The lowest BCUT2D eigenvalue weighted by molar-refractivity contribution is 0.102. The Morgan fingerprint density at radius 3 is 2.52 bits per heavy atom. The lowest BCUT2D eigenvalue weighted by Gasteiger charge is -2.10. The van der Waals surface area contributed by atoms with E-state index < -0.39 is 0 Å². The van der Waals surface area contributed by atoms with Gasteiger partial charge in [-0.05, 0) is 67.6 Å². The lowest BCUT2D eigenvalue weighted by atomic mass is 10.1. The molecule has 4 aromatic carbocycles. The normalized spacial score (nSPS) is 11.6. The Kier molecular flexibility index (Phi) is 6.72. The lowest BCUT2D eigenvalue weighted by Crippen LogP contribution is -2.21. The third-order valence-electron chi connectivity index (χ3n) is 6.40. The fourth-order valence-electron chi connectivity index (χ4n) is 4.47. The third kappa shape index (κ3) is 4.90. The molecule has 40 heavy (non-hydrogen) atoms. The summed E-state index contributed by atoms with van der Waals surface area (Å²) in [6.45, 7) is 2.38. The second-order valence-corrected chi connectivity index (χ2v) is 8.99. The average molecular weight is 531 g/mol. The fourth-order valence-corrected chi connectivity index (χ4v) is 4.47. The maximum Gasteiger partial charge on any atom is 0.261 e. The number of hydrogen-bond acceptors (Lipinski definition) is 6. The van der Waals surface area contributed by atoms with Gasteiger partial charge in [0.15, 0.2) is 11.3 Å². The van der Waals surface area contributed by atoms with E-state index in [1.54, 1.807) is 19.2 Å². The molecule has 0 atom stereocenters. The summed E-state index contributed by atoms with van der Waals surface area (Å²) in [6.07, 6.45) is 0. The summed E-state index contributed by atoms with van der Waals surface area (Å²) in [6, 6.07) is 30.0. The first-order valence-corrected chi connectivity index (χ1v) is 12.9. The number of nitrogens with zero attached hydrogens (tertiary/aromatic N) is 2. The number of imidazole rings is 1. The Morgan fingerprint density at radius 1 is 0.950 bits per heavy atom. The third-order valence-corrected chi connectivity index (χ3v) is 6.40. The van der Waals surface area contributed by atoms with Crippen LogP contribution in [0.1, 0.15) is 17.3 Å². The number of rotatable bonds is 7. The summed E-state index contributed by atoms with van der Waals surface area (Å²) in [5.74, 6) is 1.53. The summed E-state index contributed by atoms with van der Waals surface area (Å²) in [4.78, 5) is 26.3. The van der Waals surface area contributed by atoms with Crippen molar-refractivity contribution in [1.82, 2.24) is 9.97 Å². The zero-order chi connectivity index (χ0) is 27.5. The predicted molar refractivity (Wildman–Crippen MR) is 155 cm³/mol. The molecule has 0 radical (unpaired) electrons.